The van der Waals surface area contributed by atoms with E-state index in [1.54, 1.807) is 11.0 Å². The number of benzene rings is 1. The summed E-state index contributed by atoms with van der Waals surface area (Å²) in [5.41, 5.74) is 2.14. The van der Waals surface area contributed by atoms with Crippen LogP contribution in [0.25, 0.3) is 5.69 Å². The highest BCUT2D eigenvalue weighted by atomic mass is 15.5. The lowest BCUT2D eigenvalue weighted by Gasteiger charge is -2.12. The zero-order valence-electron chi connectivity index (χ0n) is 10.3. The van der Waals surface area contributed by atoms with Crippen LogP contribution >= 0.6 is 0 Å². The van der Waals surface area contributed by atoms with Crippen LogP contribution in [-0.4, -0.2) is 26.8 Å². The number of rotatable bonds is 4. The molecule has 0 saturated heterocycles. The van der Waals surface area contributed by atoms with Gasteiger partial charge in [0.05, 0.1) is 5.69 Å². The second-order valence-electron chi connectivity index (χ2n) is 4.83. The standard InChI is InChI=1S/C13H17N5/c1-2-4-11(3-1)9-14-12-5-7-13(8-6-12)18-10-15-16-17-18/h5-8,10-11,14H,1-4,9H2. The molecule has 5 heteroatoms. The molecule has 0 bridgehead atoms. The van der Waals surface area contributed by atoms with E-state index in [0.717, 1.165) is 18.2 Å². The fourth-order valence-electron chi connectivity index (χ4n) is 2.49. The molecule has 0 unspecified atom stereocenters. The van der Waals surface area contributed by atoms with Gasteiger partial charge in [0.1, 0.15) is 6.33 Å². The van der Waals surface area contributed by atoms with Gasteiger partial charge in [-0.15, -0.1) is 5.10 Å². The van der Waals surface area contributed by atoms with E-state index in [-0.39, 0.29) is 0 Å². The van der Waals surface area contributed by atoms with Crippen molar-refractivity contribution in [1.29, 1.82) is 0 Å². The molecule has 1 aliphatic rings. The van der Waals surface area contributed by atoms with Gasteiger partial charge in [0.2, 0.25) is 0 Å². The SMILES string of the molecule is c1cc(-n2cnnn2)ccc1NCC1CCCC1. The van der Waals surface area contributed by atoms with Crippen LogP contribution in [0.4, 0.5) is 5.69 Å². The van der Waals surface area contributed by atoms with Gasteiger partial charge < -0.3 is 5.32 Å². The molecule has 0 aliphatic heterocycles. The maximum absolute atomic E-state index is 3.86. The van der Waals surface area contributed by atoms with Crippen LogP contribution in [0.5, 0.6) is 0 Å². The summed E-state index contributed by atoms with van der Waals surface area (Å²) in [5, 5.41) is 14.6. The number of anilines is 1. The van der Waals surface area contributed by atoms with E-state index in [4.69, 9.17) is 0 Å². The molecule has 18 heavy (non-hydrogen) atoms. The molecule has 1 heterocycles. The van der Waals surface area contributed by atoms with Gasteiger partial charge in [0.15, 0.2) is 0 Å². The normalized spacial score (nSPS) is 16.0. The molecule has 94 valence electrons. The van der Waals surface area contributed by atoms with Crippen molar-refractivity contribution in [2.24, 2.45) is 5.92 Å². The van der Waals surface area contributed by atoms with Gasteiger partial charge in [-0.1, -0.05) is 12.8 Å². The first-order valence-electron chi connectivity index (χ1n) is 6.49. The smallest absolute Gasteiger partial charge is 0.143 e. The van der Waals surface area contributed by atoms with E-state index < -0.39 is 0 Å². The second-order valence-corrected chi connectivity index (χ2v) is 4.83. The third kappa shape index (κ3) is 2.50. The molecule has 2 aromatic rings. The van der Waals surface area contributed by atoms with Crippen molar-refractivity contribution >= 4 is 5.69 Å². The Morgan fingerprint density at radius 2 is 1.94 bits per heavy atom. The van der Waals surface area contributed by atoms with Gasteiger partial charge in [-0.2, -0.15) is 0 Å². The number of aromatic nitrogens is 4. The van der Waals surface area contributed by atoms with Crippen LogP contribution in [0, 0.1) is 5.92 Å². The van der Waals surface area contributed by atoms with E-state index in [9.17, 15) is 0 Å². The molecule has 0 amide bonds. The lowest BCUT2D eigenvalue weighted by atomic mass is 10.1. The topological polar surface area (TPSA) is 55.6 Å². The summed E-state index contributed by atoms with van der Waals surface area (Å²) in [4.78, 5) is 0. The van der Waals surface area contributed by atoms with Crippen molar-refractivity contribution < 1.29 is 0 Å². The van der Waals surface area contributed by atoms with E-state index in [1.165, 1.54) is 31.4 Å². The lowest BCUT2D eigenvalue weighted by molar-refractivity contribution is 0.580. The number of hydrogen-bond acceptors (Lipinski definition) is 4. The summed E-state index contributed by atoms with van der Waals surface area (Å²) in [6, 6.07) is 8.19. The molecule has 1 fully saturated rings. The average Bonchev–Trinajstić information content (AvgIpc) is 3.10. The molecule has 0 spiro atoms. The summed E-state index contributed by atoms with van der Waals surface area (Å²) in [5.74, 6) is 0.851. The molecule has 1 aromatic carbocycles. The Labute approximate surface area is 106 Å². The Morgan fingerprint density at radius 3 is 2.61 bits per heavy atom. The number of hydrogen-bond donors (Lipinski definition) is 1. The molecule has 1 saturated carbocycles. The molecule has 0 atom stereocenters. The Bertz CT molecular complexity index is 471. The van der Waals surface area contributed by atoms with E-state index in [0.29, 0.717) is 0 Å². The third-order valence-electron chi connectivity index (χ3n) is 3.55. The minimum Gasteiger partial charge on any atom is -0.385 e. The molecular weight excluding hydrogens is 226 g/mol. The van der Waals surface area contributed by atoms with Crippen molar-refractivity contribution in [3.8, 4) is 5.69 Å². The summed E-state index contributed by atoms with van der Waals surface area (Å²) < 4.78 is 1.65. The number of tetrazole rings is 1. The van der Waals surface area contributed by atoms with Crippen molar-refractivity contribution in [3.05, 3.63) is 30.6 Å². The van der Waals surface area contributed by atoms with Gasteiger partial charge in [-0.3, -0.25) is 0 Å². The summed E-state index contributed by atoms with van der Waals surface area (Å²) >= 11 is 0. The van der Waals surface area contributed by atoms with Crippen molar-refractivity contribution in [3.63, 3.8) is 0 Å². The van der Waals surface area contributed by atoms with Crippen molar-refractivity contribution in [2.45, 2.75) is 25.7 Å². The van der Waals surface area contributed by atoms with Gasteiger partial charge in [-0.25, -0.2) is 4.68 Å². The largest absolute Gasteiger partial charge is 0.385 e. The molecule has 1 aromatic heterocycles. The summed E-state index contributed by atoms with van der Waals surface area (Å²) in [6.45, 7) is 1.09. The highest BCUT2D eigenvalue weighted by molar-refractivity contribution is 5.48. The first-order chi connectivity index (χ1) is 8.92. The maximum Gasteiger partial charge on any atom is 0.143 e. The van der Waals surface area contributed by atoms with Crippen LogP contribution in [0.1, 0.15) is 25.7 Å². The zero-order chi connectivity index (χ0) is 12.2. The minimum absolute atomic E-state index is 0.851. The molecule has 1 N–H and O–H groups in total. The van der Waals surface area contributed by atoms with Gasteiger partial charge in [-0.05, 0) is 53.5 Å². The Morgan fingerprint density at radius 1 is 1.17 bits per heavy atom. The van der Waals surface area contributed by atoms with Crippen LogP contribution in [0.2, 0.25) is 0 Å². The third-order valence-corrected chi connectivity index (χ3v) is 3.55. The predicted octanol–water partition coefficient (Wildman–Crippen LogP) is 2.26. The molecular formula is C13H17N5. The minimum atomic E-state index is 0.851. The van der Waals surface area contributed by atoms with Crippen LogP contribution < -0.4 is 5.32 Å². The first-order valence-corrected chi connectivity index (χ1v) is 6.49. The Hall–Kier alpha value is -1.91. The quantitative estimate of drug-likeness (QED) is 0.895. The van der Waals surface area contributed by atoms with Gasteiger partial charge >= 0.3 is 0 Å². The van der Waals surface area contributed by atoms with Crippen LogP contribution in [0.15, 0.2) is 30.6 Å². The van der Waals surface area contributed by atoms with E-state index in [2.05, 4.69) is 33.0 Å². The van der Waals surface area contributed by atoms with E-state index >= 15 is 0 Å². The van der Waals surface area contributed by atoms with Crippen LogP contribution in [0.3, 0.4) is 0 Å². The van der Waals surface area contributed by atoms with Crippen molar-refractivity contribution in [1.82, 2.24) is 20.2 Å². The fourth-order valence-corrected chi connectivity index (χ4v) is 2.49. The van der Waals surface area contributed by atoms with Crippen molar-refractivity contribution in [2.75, 3.05) is 11.9 Å². The Kier molecular flexibility index (Phi) is 3.21. The number of nitrogens with zero attached hydrogens (tertiary/aromatic N) is 4. The highest BCUT2D eigenvalue weighted by Gasteiger charge is 2.14. The molecule has 3 rings (SSSR count). The summed E-state index contributed by atoms with van der Waals surface area (Å²) in [6.07, 6.45) is 7.13. The molecule has 0 radical (unpaired) electrons. The van der Waals surface area contributed by atoms with Crippen LogP contribution in [-0.2, 0) is 0 Å². The van der Waals surface area contributed by atoms with Gasteiger partial charge in [0.25, 0.3) is 0 Å². The average molecular weight is 243 g/mol. The predicted molar refractivity (Wildman–Crippen MR) is 69.6 cm³/mol. The second kappa shape index (κ2) is 5.16. The molecule has 5 nitrogen and oxygen atoms in total. The summed E-state index contributed by atoms with van der Waals surface area (Å²) in [7, 11) is 0. The zero-order valence-corrected chi connectivity index (χ0v) is 10.3. The number of nitrogens with one attached hydrogen (secondary N) is 1. The maximum atomic E-state index is 3.86. The molecule has 1 aliphatic carbocycles. The lowest BCUT2D eigenvalue weighted by Crippen LogP contribution is -2.10. The monoisotopic (exact) mass is 243 g/mol. The fraction of sp³-hybridized carbons (Fsp3) is 0.462. The first kappa shape index (κ1) is 11.2. The van der Waals surface area contributed by atoms with E-state index in [1.807, 2.05) is 12.1 Å². The highest BCUT2D eigenvalue weighted by Crippen LogP contribution is 2.25. The Balaban J connectivity index is 1.60. The van der Waals surface area contributed by atoms with Gasteiger partial charge in [0, 0.05) is 12.2 Å².